The fraction of sp³-hybridized carbons (Fsp3) is 0.444. The molecule has 1 saturated carbocycles. The van der Waals surface area contributed by atoms with Gasteiger partial charge in [-0.25, -0.2) is 4.79 Å². The van der Waals surface area contributed by atoms with Crippen LogP contribution in [0.4, 0.5) is 0 Å². The number of H-pyrrole nitrogens is 1. The van der Waals surface area contributed by atoms with Crippen molar-refractivity contribution in [2.45, 2.75) is 52.0 Å². The van der Waals surface area contributed by atoms with Crippen LogP contribution in [0.3, 0.4) is 0 Å². The van der Waals surface area contributed by atoms with E-state index >= 15 is 0 Å². The van der Waals surface area contributed by atoms with Crippen molar-refractivity contribution in [3.63, 3.8) is 0 Å². The first-order valence-corrected chi connectivity index (χ1v) is 9.04. The molecule has 122 valence electrons. The maximum absolute atomic E-state index is 12.6. The Balaban J connectivity index is 1.90. The maximum atomic E-state index is 12.6. The predicted octanol–water partition coefficient (Wildman–Crippen LogP) is 3.93. The van der Waals surface area contributed by atoms with Crippen molar-refractivity contribution in [1.82, 2.24) is 9.55 Å². The minimum absolute atomic E-state index is 0.165. The van der Waals surface area contributed by atoms with E-state index in [1.807, 2.05) is 19.1 Å². The van der Waals surface area contributed by atoms with Gasteiger partial charge in [-0.05, 0) is 44.6 Å². The number of fused-ring (bicyclic) bond motifs is 1. The first-order valence-electron chi connectivity index (χ1n) is 8.22. The smallest absolute Gasteiger partial charge is 0.298 e. The van der Waals surface area contributed by atoms with Crippen LogP contribution >= 0.6 is 11.3 Å². The lowest BCUT2D eigenvalue weighted by Crippen LogP contribution is -2.34. The molecule has 2 aromatic heterocycles. The fourth-order valence-corrected chi connectivity index (χ4v) is 3.88. The second-order valence-corrected chi connectivity index (χ2v) is 7.06. The Morgan fingerprint density at radius 3 is 2.87 bits per heavy atom. The highest BCUT2D eigenvalue weighted by Gasteiger charge is 2.26. The fourth-order valence-electron chi connectivity index (χ4n) is 2.67. The van der Waals surface area contributed by atoms with E-state index in [0.717, 1.165) is 16.8 Å². The molecule has 2 aromatic rings. The molecule has 0 bridgehead atoms. The van der Waals surface area contributed by atoms with Gasteiger partial charge in [0.05, 0.1) is 5.39 Å². The van der Waals surface area contributed by atoms with Crippen LogP contribution in [0.25, 0.3) is 10.2 Å². The summed E-state index contributed by atoms with van der Waals surface area (Å²) in [4.78, 5) is 29.7. The summed E-state index contributed by atoms with van der Waals surface area (Å²) in [6.45, 7) is 4.47. The zero-order chi connectivity index (χ0) is 16.4. The van der Waals surface area contributed by atoms with E-state index in [-0.39, 0.29) is 11.2 Å². The molecule has 5 heteroatoms. The van der Waals surface area contributed by atoms with Crippen molar-refractivity contribution in [1.29, 1.82) is 0 Å². The number of hydrogen-bond donors (Lipinski definition) is 1. The van der Waals surface area contributed by atoms with Gasteiger partial charge in [0.25, 0.3) is 5.56 Å². The lowest BCUT2D eigenvalue weighted by atomic mass is 10.1. The third kappa shape index (κ3) is 3.39. The Bertz CT molecular complexity index is 879. The maximum Gasteiger partial charge on any atom is 0.329 e. The van der Waals surface area contributed by atoms with Crippen LogP contribution in [0, 0.1) is 0 Å². The number of rotatable bonds is 6. The van der Waals surface area contributed by atoms with E-state index < -0.39 is 0 Å². The molecular weight excluding hydrogens is 308 g/mol. The Labute approximate surface area is 139 Å². The van der Waals surface area contributed by atoms with Crippen LogP contribution in [-0.2, 0) is 6.54 Å². The zero-order valence-electron chi connectivity index (χ0n) is 13.6. The standard InChI is InChI=1S/C18H22N2O2S/c1-3-5-6-12(4-2)9-10-20-17(21)14-11-15(13-7-8-13)23-16(14)19-18(20)22/h4-6,11,13H,3,7-10H2,1-2H3,(H,19,22)/b6-5-,12-4+. The SMILES string of the molecule is C/C=C(\C=C/CC)CCn1c(=O)[nH]c2sc(C3CC3)cc2c1=O. The van der Waals surface area contributed by atoms with Crippen LogP contribution in [0.5, 0.6) is 0 Å². The van der Waals surface area contributed by atoms with Gasteiger partial charge in [0.2, 0.25) is 0 Å². The van der Waals surface area contributed by atoms with Crippen molar-refractivity contribution in [2.75, 3.05) is 0 Å². The first-order chi connectivity index (χ1) is 11.1. The topological polar surface area (TPSA) is 54.9 Å². The van der Waals surface area contributed by atoms with E-state index in [2.05, 4.69) is 24.1 Å². The van der Waals surface area contributed by atoms with Gasteiger partial charge in [0.15, 0.2) is 0 Å². The Kier molecular flexibility index (Phi) is 4.66. The van der Waals surface area contributed by atoms with Gasteiger partial charge < -0.3 is 0 Å². The van der Waals surface area contributed by atoms with Crippen molar-refractivity contribution in [2.24, 2.45) is 0 Å². The molecule has 0 amide bonds. The zero-order valence-corrected chi connectivity index (χ0v) is 14.4. The Hall–Kier alpha value is -1.88. The number of thiophene rings is 1. The predicted molar refractivity (Wildman–Crippen MR) is 96.5 cm³/mol. The molecule has 0 radical (unpaired) electrons. The lowest BCUT2D eigenvalue weighted by Gasteiger charge is -2.05. The minimum Gasteiger partial charge on any atom is -0.298 e. The number of aromatic nitrogens is 2. The second-order valence-electron chi connectivity index (χ2n) is 5.98. The van der Waals surface area contributed by atoms with Crippen molar-refractivity contribution in [3.05, 3.63) is 55.6 Å². The molecule has 0 saturated heterocycles. The van der Waals surface area contributed by atoms with Crippen LogP contribution in [0.15, 0.2) is 39.5 Å². The highest BCUT2D eigenvalue weighted by molar-refractivity contribution is 7.18. The molecular formula is C18H22N2O2S. The largest absolute Gasteiger partial charge is 0.329 e. The van der Waals surface area contributed by atoms with Crippen LogP contribution in [0.2, 0.25) is 0 Å². The van der Waals surface area contributed by atoms with Crippen LogP contribution in [0.1, 0.15) is 50.3 Å². The Morgan fingerprint density at radius 1 is 1.43 bits per heavy atom. The van der Waals surface area contributed by atoms with Gasteiger partial charge in [-0.15, -0.1) is 11.3 Å². The number of nitrogens with zero attached hydrogens (tertiary/aromatic N) is 1. The minimum atomic E-state index is -0.304. The van der Waals surface area contributed by atoms with E-state index in [0.29, 0.717) is 24.3 Å². The molecule has 1 aliphatic carbocycles. The molecule has 0 atom stereocenters. The number of hydrogen-bond acceptors (Lipinski definition) is 3. The quantitative estimate of drug-likeness (QED) is 0.816. The van der Waals surface area contributed by atoms with Crippen molar-refractivity contribution in [3.8, 4) is 0 Å². The first kappa shape index (κ1) is 16.0. The van der Waals surface area contributed by atoms with Gasteiger partial charge in [0, 0.05) is 11.4 Å². The molecule has 0 spiro atoms. The lowest BCUT2D eigenvalue weighted by molar-refractivity contribution is 0.638. The van der Waals surface area contributed by atoms with Gasteiger partial charge in [-0.1, -0.05) is 30.7 Å². The molecule has 2 heterocycles. The van der Waals surface area contributed by atoms with Crippen molar-refractivity contribution < 1.29 is 0 Å². The molecule has 1 N–H and O–H groups in total. The summed E-state index contributed by atoms with van der Waals surface area (Å²) in [7, 11) is 0. The van der Waals surface area contributed by atoms with Gasteiger partial charge in [-0.2, -0.15) is 0 Å². The van der Waals surface area contributed by atoms with Crippen molar-refractivity contribution >= 4 is 21.6 Å². The summed E-state index contributed by atoms with van der Waals surface area (Å²) in [6.07, 6.45) is 10.2. The molecule has 3 rings (SSSR count). The van der Waals surface area contributed by atoms with E-state index in [4.69, 9.17) is 0 Å². The second kappa shape index (κ2) is 6.71. The number of aromatic amines is 1. The monoisotopic (exact) mass is 330 g/mol. The molecule has 1 aliphatic rings. The van der Waals surface area contributed by atoms with E-state index in [9.17, 15) is 9.59 Å². The number of allylic oxidation sites excluding steroid dienone is 4. The highest BCUT2D eigenvalue weighted by Crippen LogP contribution is 2.44. The summed E-state index contributed by atoms with van der Waals surface area (Å²) >= 11 is 1.55. The Morgan fingerprint density at radius 2 is 2.22 bits per heavy atom. The van der Waals surface area contributed by atoms with E-state index in [1.165, 1.54) is 22.3 Å². The molecule has 0 aromatic carbocycles. The third-order valence-corrected chi connectivity index (χ3v) is 5.45. The summed E-state index contributed by atoms with van der Waals surface area (Å²) in [6, 6.07) is 1.97. The average molecular weight is 330 g/mol. The van der Waals surface area contributed by atoms with Crippen LogP contribution in [-0.4, -0.2) is 9.55 Å². The molecule has 0 aliphatic heterocycles. The average Bonchev–Trinajstić information content (AvgIpc) is 3.30. The molecule has 4 nitrogen and oxygen atoms in total. The van der Waals surface area contributed by atoms with Gasteiger partial charge >= 0.3 is 5.69 Å². The number of nitrogens with one attached hydrogen (secondary N) is 1. The summed E-state index contributed by atoms with van der Waals surface area (Å²) < 4.78 is 1.33. The normalized spacial score (nSPS) is 15.8. The summed E-state index contributed by atoms with van der Waals surface area (Å²) in [5.74, 6) is 0.595. The summed E-state index contributed by atoms with van der Waals surface area (Å²) in [5, 5.41) is 0.655. The summed E-state index contributed by atoms with van der Waals surface area (Å²) in [5.41, 5.74) is 0.672. The van der Waals surface area contributed by atoms with Crippen LogP contribution < -0.4 is 11.2 Å². The highest BCUT2D eigenvalue weighted by atomic mass is 32.1. The van der Waals surface area contributed by atoms with Gasteiger partial charge in [-0.3, -0.25) is 14.3 Å². The molecule has 0 unspecified atom stereocenters. The molecule has 23 heavy (non-hydrogen) atoms. The molecule has 1 fully saturated rings. The third-order valence-electron chi connectivity index (χ3n) is 4.23. The van der Waals surface area contributed by atoms with E-state index in [1.54, 1.807) is 11.3 Å². The van der Waals surface area contributed by atoms with Gasteiger partial charge in [0.1, 0.15) is 4.83 Å².